The molecule has 0 spiro atoms. The summed E-state index contributed by atoms with van der Waals surface area (Å²) in [6, 6.07) is 0.425. The highest BCUT2D eigenvalue weighted by atomic mass is 16.5. The molecule has 1 atom stereocenters. The van der Waals surface area contributed by atoms with Crippen LogP contribution in [0, 0.1) is 11.8 Å². The molecule has 1 saturated heterocycles. The van der Waals surface area contributed by atoms with E-state index in [0.717, 1.165) is 31.8 Å². The molecule has 0 aromatic carbocycles. The van der Waals surface area contributed by atoms with Gasteiger partial charge in [-0.3, -0.25) is 4.79 Å². The Hall–Kier alpha value is -0.570. The molecule has 2 aliphatic rings. The van der Waals surface area contributed by atoms with Crippen molar-refractivity contribution < 1.29 is 9.53 Å². The Morgan fingerprint density at radius 3 is 2.53 bits per heavy atom. The molecule has 3 heteroatoms. The van der Waals surface area contributed by atoms with E-state index < -0.39 is 0 Å². The van der Waals surface area contributed by atoms with E-state index in [4.69, 9.17) is 4.74 Å². The van der Waals surface area contributed by atoms with E-state index in [-0.39, 0.29) is 11.8 Å². The first-order valence-corrected chi connectivity index (χ1v) is 6.14. The minimum atomic E-state index is 0.115. The van der Waals surface area contributed by atoms with Gasteiger partial charge in [-0.25, -0.2) is 0 Å². The molecule has 86 valence electrons. The maximum atomic E-state index is 11.8. The van der Waals surface area contributed by atoms with E-state index in [1.54, 1.807) is 0 Å². The summed E-state index contributed by atoms with van der Waals surface area (Å²) in [6.07, 6.45) is 5.72. The average molecular weight is 211 g/mol. The molecule has 0 aromatic rings. The molecule has 2 fully saturated rings. The molecule has 0 aromatic heterocycles. The number of ether oxygens (including phenoxy) is 1. The van der Waals surface area contributed by atoms with Gasteiger partial charge in [-0.1, -0.05) is 6.92 Å². The van der Waals surface area contributed by atoms with Crippen molar-refractivity contribution in [1.29, 1.82) is 0 Å². The number of carbonyl (C=O) groups excluding carboxylic acids is 1. The average Bonchev–Trinajstić information content (AvgIpc) is 2.74. The fourth-order valence-corrected chi connectivity index (χ4v) is 2.46. The Bertz CT molecular complexity index is 216. The van der Waals surface area contributed by atoms with E-state index in [1.165, 1.54) is 12.8 Å². The first-order chi connectivity index (χ1) is 7.25. The molecule has 3 nitrogen and oxygen atoms in total. The first kappa shape index (κ1) is 10.9. The number of carbonyl (C=O) groups is 1. The summed E-state index contributed by atoms with van der Waals surface area (Å²) >= 11 is 0. The predicted molar refractivity (Wildman–Crippen MR) is 58.5 cm³/mol. The van der Waals surface area contributed by atoms with Gasteiger partial charge in [0.05, 0.1) is 12.5 Å². The van der Waals surface area contributed by atoms with Gasteiger partial charge in [-0.05, 0) is 38.0 Å². The summed E-state index contributed by atoms with van der Waals surface area (Å²) in [5.41, 5.74) is 0. The Morgan fingerprint density at radius 2 is 1.93 bits per heavy atom. The largest absolute Gasteiger partial charge is 0.381 e. The van der Waals surface area contributed by atoms with Crippen LogP contribution in [0.25, 0.3) is 0 Å². The van der Waals surface area contributed by atoms with E-state index in [2.05, 4.69) is 12.2 Å². The van der Waals surface area contributed by atoms with Gasteiger partial charge >= 0.3 is 0 Å². The third-order valence-corrected chi connectivity index (χ3v) is 3.66. The van der Waals surface area contributed by atoms with Gasteiger partial charge in [-0.2, -0.15) is 0 Å². The topological polar surface area (TPSA) is 38.3 Å². The van der Waals surface area contributed by atoms with Crippen LogP contribution in [0.3, 0.4) is 0 Å². The van der Waals surface area contributed by atoms with Gasteiger partial charge in [0.1, 0.15) is 0 Å². The van der Waals surface area contributed by atoms with Crippen molar-refractivity contribution >= 4 is 5.91 Å². The van der Waals surface area contributed by atoms with Crippen LogP contribution < -0.4 is 5.32 Å². The third-order valence-electron chi connectivity index (χ3n) is 3.66. The van der Waals surface area contributed by atoms with E-state index >= 15 is 0 Å². The molecule has 1 heterocycles. The van der Waals surface area contributed by atoms with Crippen LogP contribution in [0.4, 0.5) is 0 Å². The fourth-order valence-electron chi connectivity index (χ4n) is 2.46. The SMILES string of the molecule is C[C@H]1CC[C@H](NC(=O)C2CCOC2)CC1. The Balaban J connectivity index is 1.74. The van der Waals surface area contributed by atoms with E-state index in [1.807, 2.05) is 0 Å². The van der Waals surface area contributed by atoms with Gasteiger partial charge in [0, 0.05) is 12.6 Å². The second-order valence-electron chi connectivity index (χ2n) is 5.03. The highest BCUT2D eigenvalue weighted by molar-refractivity contribution is 5.79. The standard InChI is InChI=1S/C12H21NO2/c1-9-2-4-11(5-3-9)13-12(14)10-6-7-15-8-10/h9-11H,2-8H2,1H3,(H,13,14)/t9-,10?,11-. The zero-order chi connectivity index (χ0) is 10.7. The Kier molecular flexibility index (Phi) is 3.62. The van der Waals surface area contributed by atoms with Crippen LogP contribution in [0.1, 0.15) is 39.0 Å². The van der Waals surface area contributed by atoms with Crippen molar-refractivity contribution in [2.24, 2.45) is 11.8 Å². The molecule has 0 radical (unpaired) electrons. The Morgan fingerprint density at radius 1 is 1.20 bits per heavy atom. The molecule has 1 aliphatic carbocycles. The fraction of sp³-hybridized carbons (Fsp3) is 0.917. The second-order valence-corrected chi connectivity index (χ2v) is 5.03. The quantitative estimate of drug-likeness (QED) is 0.755. The van der Waals surface area contributed by atoms with Gasteiger partial charge in [0.15, 0.2) is 0 Å². The van der Waals surface area contributed by atoms with Crippen molar-refractivity contribution in [2.75, 3.05) is 13.2 Å². The molecule has 1 unspecified atom stereocenters. The summed E-state index contributed by atoms with van der Waals surface area (Å²) < 4.78 is 5.22. The van der Waals surface area contributed by atoms with Crippen LogP contribution >= 0.6 is 0 Å². The predicted octanol–water partition coefficient (Wildman–Crippen LogP) is 1.72. The molecule has 1 N–H and O–H groups in total. The molecular formula is C12H21NO2. The molecule has 0 bridgehead atoms. The molecular weight excluding hydrogens is 190 g/mol. The zero-order valence-electron chi connectivity index (χ0n) is 9.50. The normalized spacial score (nSPS) is 36.5. The van der Waals surface area contributed by atoms with Crippen LogP contribution in [0.2, 0.25) is 0 Å². The molecule has 2 rings (SSSR count). The van der Waals surface area contributed by atoms with Crippen LogP contribution in [0.5, 0.6) is 0 Å². The summed E-state index contributed by atoms with van der Waals surface area (Å²) in [6.45, 7) is 3.66. The van der Waals surface area contributed by atoms with Gasteiger partial charge in [-0.15, -0.1) is 0 Å². The maximum absolute atomic E-state index is 11.8. The Labute approximate surface area is 91.6 Å². The zero-order valence-corrected chi connectivity index (χ0v) is 9.50. The van der Waals surface area contributed by atoms with Gasteiger partial charge in [0.2, 0.25) is 5.91 Å². The van der Waals surface area contributed by atoms with Gasteiger partial charge in [0.25, 0.3) is 0 Å². The smallest absolute Gasteiger partial charge is 0.225 e. The van der Waals surface area contributed by atoms with Crippen molar-refractivity contribution in [3.63, 3.8) is 0 Å². The lowest BCUT2D eigenvalue weighted by Gasteiger charge is -2.27. The second kappa shape index (κ2) is 4.97. The lowest BCUT2D eigenvalue weighted by Crippen LogP contribution is -2.40. The summed E-state index contributed by atoms with van der Waals surface area (Å²) in [4.78, 5) is 11.8. The molecule has 1 amide bonds. The number of hydrogen-bond donors (Lipinski definition) is 1. The van der Waals surface area contributed by atoms with Crippen molar-refractivity contribution in [1.82, 2.24) is 5.32 Å². The highest BCUT2D eigenvalue weighted by Gasteiger charge is 2.26. The van der Waals surface area contributed by atoms with Crippen LogP contribution in [-0.2, 0) is 9.53 Å². The molecule has 1 saturated carbocycles. The summed E-state index contributed by atoms with van der Waals surface area (Å²) in [5.74, 6) is 1.17. The third kappa shape index (κ3) is 2.94. The monoisotopic (exact) mass is 211 g/mol. The summed E-state index contributed by atoms with van der Waals surface area (Å²) in [5, 5.41) is 3.16. The summed E-state index contributed by atoms with van der Waals surface area (Å²) in [7, 11) is 0. The minimum absolute atomic E-state index is 0.115. The van der Waals surface area contributed by atoms with Crippen molar-refractivity contribution in [3.8, 4) is 0 Å². The minimum Gasteiger partial charge on any atom is -0.381 e. The van der Waals surface area contributed by atoms with Crippen LogP contribution in [-0.4, -0.2) is 25.2 Å². The lowest BCUT2D eigenvalue weighted by molar-refractivity contribution is -0.125. The van der Waals surface area contributed by atoms with Crippen molar-refractivity contribution in [3.05, 3.63) is 0 Å². The number of rotatable bonds is 2. The molecule has 1 aliphatic heterocycles. The van der Waals surface area contributed by atoms with E-state index in [9.17, 15) is 4.79 Å². The lowest BCUT2D eigenvalue weighted by atomic mass is 9.87. The first-order valence-electron chi connectivity index (χ1n) is 6.14. The highest BCUT2D eigenvalue weighted by Crippen LogP contribution is 2.24. The van der Waals surface area contributed by atoms with Crippen LogP contribution in [0.15, 0.2) is 0 Å². The number of amides is 1. The van der Waals surface area contributed by atoms with E-state index in [0.29, 0.717) is 12.6 Å². The van der Waals surface area contributed by atoms with Crippen molar-refractivity contribution in [2.45, 2.75) is 45.1 Å². The van der Waals surface area contributed by atoms with Gasteiger partial charge < -0.3 is 10.1 Å². The number of hydrogen-bond acceptors (Lipinski definition) is 2. The number of nitrogens with one attached hydrogen (secondary N) is 1. The maximum Gasteiger partial charge on any atom is 0.225 e. The molecule has 15 heavy (non-hydrogen) atoms.